The molecule has 3 nitrogen and oxygen atoms in total. The molecule has 1 heterocycles. The summed E-state index contributed by atoms with van der Waals surface area (Å²) >= 11 is 0. The Morgan fingerprint density at radius 1 is 1.50 bits per heavy atom. The van der Waals surface area contributed by atoms with Crippen molar-refractivity contribution in [1.82, 2.24) is 4.90 Å². The number of hydrogen-bond donors (Lipinski definition) is 1. The number of rotatable bonds is 4. The molecular weight excluding hydrogens is 238 g/mol. The molecule has 0 radical (unpaired) electrons. The van der Waals surface area contributed by atoms with Crippen molar-refractivity contribution in [2.45, 2.75) is 18.6 Å². The van der Waals surface area contributed by atoms with Gasteiger partial charge in [0.15, 0.2) is 0 Å². The number of halogens is 2. The lowest BCUT2D eigenvalue weighted by molar-refractivity contribution is 0.107. The van der Waals surface area contributed by atoms with Gasteiger partial charge in [-0.3, -0.25) is 4.90 Å². The zero-order chi connectivity index (χ0) is 13.1. The van der Waals surface area contributed by atoms with Crippen LogP contribution >= 0.6 is 0 Å². The molecule has 2 atom stereocenters. The van der Waals surface area contributed by atoms with Gasteiger partial charge in [-0.2, -0.15) is 0 Å². The molecule has 0 bridgehead atoms. The van der Waals surface area contributed by atoms with Gasteiger partial charge < -0.3 is 10.5 Å². The SMILES string of the molecule is COC1CCN(CC(N)c2cc(F)ccc2F)C1. The van der Waals surface area contributed by atoms with Crippen LogP contribution in [0.3, 0.4) is 0 Å². The third-order valence-corrected chi connectivity index (χ3v) is 3.37. The summed E-state index contributed by atoms with van der Waals surface area (Å²) in [5.41, 5.74) is 6.17. The Balaban J connectivity index is 1.99. The minimum atomic E-state index is -0.517. The van der Waals surface area contributed by atoms with Crippen molar-refractivity contribution < 1.29 is 13.5 Å². The molecule has 1 aliphatic heterocycles. The summed E-state index contributed by atoms with van der Waals surface area (Å²) in [4.78, 5) is 2.11. The lowest BCUT2D eigenvalue weighted by atomic mass is 10.1. The molecule has 0 aliphatic carbocycles. The van der Waals surface area contributed by atoms with Gasteiger partial charge in [0.05, 0.1) is 6.10 Å². The van der Waals surface area contributed by atoms with Crippen molar-refractivity contribution in [1.29, 1.82) is 0 Å². The van der Waals surface area contributed by atoms with Gasteiger partial charge in [-0.05, 0) is 24.6 Å². The van der Waals surface area contributed by atoms with Gasteiger partial charge in [-0.15, -0.1) is 0 Å². The summed E-state index contributed by atoms with van der Waals surface area (Å²) in [7, 11) is 1.68. The second-order valence-electron chi connectivity index (χ2n) is 4.68. The van der Waals surface area contributed by atoms with Crippen LogP contribution in [0.5, 0.6) is 0 Å². The van der Waals surface area contributed by atoms with E-state index >= 15 is 0 Å². The Morgan fingerprint density at radius 2 is 2.28 bits per heavy atom. The fourth-order valence-electron chi connectivity index (χ4n) is 2.33. The fraction of sp³-hybridized carbons (Fsp3) is 0.538. The molecule has 2 N–H and O–H groups in total. The van der Waals surface area contributed by atoms with Gasteiger partial charge in [0.25, 0.3) is 0 Å². The Labute approximate surface area is 106 Å². The molecule has 1 aliphatic rings. The molecule has 0 saturated carbocycles. The predicted molar refractivity (Wildman–Crippen MR) is 65.1 cm³/mol. The molecule has 5 heteroatoms. The molecule has 2 rings (SSSR count). The van der Waals surface area contributed by atoms with Crippen LogP contribution in [0, 0.1) is 11.6 Å². The zero-order valence-corrected chi connectivity index (χ0v) is 10.4. The van der Waals surface area contributed by atoms with E-state index in [4.69, 9.17) is 10.5 Å². The number of methoxy groups -OCH3 is 1. The van der Waals surface area contributed by atoms with Crippen LogP contribution in [-0.2, 0) is 4.74 Å². The van der Waals surface area contributed by atoms with Crippen LogP contribution in [0.4, 0.5) is 8.78 Å². The summed E-state index contributed by atoms with van der Waals surface area (Å²) in [5.74, 6) is -0.913. The normalized spacial score (nSPS) is 22.3. The van der Waals surface area contributed by atoms with Gasteiger partial charge in [0.1, 0.15) is 11.6 Å². The third-order valence-electron chi connectivity index (χ3n) is 3.37. The van der Waals surface area contributed by atoms with Crippen LogP contribution in [0.1, 0.15) is 18.0 Å². The highest BCUT2D eigenvalue weighted by Crippen LogP contribution is 2.20. The maximum absolute atomic E-state index is 13.5. The van der Waals surface area contributed by atoms with Crippen molar-refractivity contribution in [3.05, 3.63) is 35.4 Å². The van der Waals surface area contributed by atoms with Crippen molar-refractivity contribution >= 4 is 0 Å². The summed E-state index contributed by atoms with van der Waals surface area (Å²) in [5, 5.41) is 0. The minimum Gasteiger partial charge on any atom is -0.380 e. The first-order valence-corrected chi connectivity index (χ1v) is 6.06. The van der Waals surface area contributed by atoms with Gasteiger partial charge in [-0.1, -0.05) is 0 Å². The van der Waals surface area contributed by atoms with E-state index < -0.39 is 17.7 Å². The fourth-order valence-corrected chi connectivity index (χ4v) is 2.33. The molecule has 0 aromatic heterocycles. The second-order valence-corrected chi connectivity index (χ2v) is 4.68. The molecule has 1 aromatic carbocycles. The van der Waals surface area contributed by atoms with Crippen LogP contribution < -0.4 is 5.73 Å². The molecule has 18 heavy (non-hydrogen) atoms. The Morgan fingerprint density at radius 3 is 2.94 bits per heavy atom. The maximum atomic E-state index is 13.5. The first-order valence-electron chi connectivity index (χ1n) is 6.06. The van der Waals surface area contributed by atoms with Crippen molar-refractivity contribution in [3.63, 3.8) is 0 Å². The number of nitrogens with two attached hydrogens (primary N) is 1. The molecular formula is C13H18F2N2O. The van der Waals surface area contributed by atoms with E-state index in [1.165, 1.54) is 6.07 Å². The standard InChI is InChI=1S/C13H18F2N2O/c1-18-10-4-5-17(7-10)8-13(16)11-6-9(14)2-3-12(11)15/h2-3,6,10,13H,4-5,7-8,16H2,1H3. The summed E-state index contributed by atoms with van der Waals surface area (Å²) < 4.78 is 31.9. The lowest BCUT2D eigenvalue weighted by Crippen LogP contribution is -2.32. The molecule has 1 fully saturated rings. The molecule has 1 aromatic rings. The average molecular weight is 256 g/mol. The van der Waals surface area contributed by atoms with Crippen molar-refractivity contribution in [3.8, 4) is 0 Å². The molecule has 100 valence electrons. The average Bonchev–Trinajstić information content (AvgIpc) is 2.80. The topological polar surface area (TPSA) is 38.5 Å². The van der Waals surface area contributed by atoms with E-state index in [0.717, 1.165) is 31.6 Å². The third kappa shape index (κ3) is 3.04. The Bertz CT molecular complexity index is 414. The van der Waals surface area contributed by atoms with Crippen molar-refractivity contribution in [2.75, 3.05) is 26.7 Å². The number of ether oxygens (including phenoxy) is 1. The van der Waals surface area contributed by atoms with Crippen LogP contribution in [0.25, 0.3) is 0 Å². The number of benzene rings is 1. The predicted octanol–water partition coefficient (Wildman–Crippen LogP) is 1.69. The minimum absolute atomic E-state index is 0.217. The smallest absolute Gasteiger partial charge is 0.128 e. The lowest BCUT2D eigenvalue weighted by Gasteiger charge is -2.21. The van der Waals surface area contributed by atoms with E-state index in [1.54, 1.807) is 7.11 Å². The number of likely N-dealkylation sites (tertiary alicyclic amines) is 1. The van der Waals surface area contributed by atoms with E-state index in [2.05, 4.69) is 4.90 Å². The first-order chi connectivity index (χ1) is 8.60. The highest BCUT2D eigenvalue weighted by molar-refractivity contribution is 5.22. The van der Waals surface area contributed by atoms with Gasteiger partial charge >= 0.3 is 0 Å². The molecule has 0 amide bonds. The van der Waals surface area contributed by atoms with Gasteiger partial charge in [-0.25, -0.2) is 8.78 Å². The largest absolute Gasteiger partial charge is 0.380 e. The molecule has 1 saturated heterocycles. The first kappa shape index (κ1) is 13.4. The zero-order valence-electron chi connectivity index (χ0n) is 10.4. The summed E-state index contributed by atoms with van der Waals surface area (Å²) in [6.07, 6.45) is 1.17. The second kappa shape index (κ2) is 5.73. The molecule has 0 spiro atoms. The van der Waals surface area contributed by atoms with Crippen molar-refractivity contribution in [2.24, 2.45) is 5.73 Å². The summed E-state index contributed by atoms with van der Waals surface area (Å²) in [6.45, 7) is 2.19. The monoisotopic (exact) mass is 256 g/mol. The van der Waals surface area contributed by atoms with E-state index in [9.17, 15) is 8.78 Å². The van der Waals surface area contributed by atoms with Crippen LogP contribution in [0.2, 0.25) is 0 Å². The Kier molecular flexibility index (Phi) is 4.27. The van der Waals surface area contributed by atoms with E-state index in [-0.39, 0.29) is 11.7 Å². The maximum Gasteiger partial charge on any atom is 0.128 e. The highest BCUT2D eigenvalue weighted by atomic mass is 19.1. The van der Waals surface area contributed by atoms with Gasteiger partial charge in [0.2, 0.25) is 0 Å². The highest BCUT2D eigenvalue weighted by Gasteiger charge is 2.24. The van der Waals surface area contributed by atoms with E-state index in [1.807, 2.05) is 0 Å². The molecule has 2 unspecified atom stereocenters. The summed E-state index contributed by atoms with van der Waals surface area (Å²) in [6, 6.07) is 2.87. The van der Waals surface area contributed by atoms with Gasteiger partial charge in [0, 0.05) is 38.3 Å². The van der Waals surface area contributed by atoms with E-state index in [0.29, 0.717) is 6.54 Å². The quantitative estimate of drug-likeness (QED) is 0.891. The van der Waals surface area contributed by atoms with Crippen LogP contribution in [0.15, 0.2) is 18.2 Å². The number of hydrogen-bond acceptors (Lipinski definition) is 3. The number of nitrogens with zero attached hydrogens (tertiary/aromatic N) is 1. The Hall–Kier alpha value is -1.04. The van der Waals surface area contributed by atoms with Crippen LogP contribution in [-0.4, -0.2) is 37.7 Å².